The zero-order chi connectivity index (χ0) is 13.1. The fourth-order valence-electron chi connectivity index (χ4n) is 3.14. The van der Waals surface area contributed by atoms with Crippen LogP contribution in [0, 0.1) is 24.7 Å². The van der Waals surface area contributed by atoms with Crippen molar-refractivity contribution < 1.29 is 0 Å². The van der Waals surface area contributed by atoms with Gasteiger partial charge < -0.3 is 0 Å². The smallest absolute Gasteiger partial charge is 0.0503 e. The summed E-state index contributed by atoms with van der Waals surface area (Å²) in [5.41, 5.74) is 5.44. The standard InChI is InChI=1S/C15H25N3/c1-10-6-14(9-17-8-10)15(18-16)13-5-4-11(2)12(3)7-13/h6,8-9,11-13,15,18H,4-5,7,16H2,1-3H3. The fraction of sp³-hybridized carbons (Fsp3) is 0.667. The Hall–Kier alpha value is -0.930. The first kappa shape index (κ1) is 13.5. The van der Waals surface area contributed by atoms with Gasteiger partial charge in [-0.25, -0.2) is 0 Å². The van der Waals surface area contributed by atoms with E-state index in [1.54, 1.807) is 0 Å². The minimum Gasteiger partial charge on any atom is -0.271 e. The summed E-state index contributed by atoms with van der Waals surface area (Å²) >= 11 is 0. The van der Waals surface area contributed by atoms with E-state index in [0.717, 1.165) is 11.8 Å². The lowest BCUT2D eigenvalue weighted by molar-refractivity contribution is 0.171. The zero-order valence-electron chi connectivity index (χ0n) is 11.7. The molecular formula is C15H25N3. The Labute approximate surface area is 110 Å². The molecule has 4 unspecified atom stereocenters. The maximum absolute atomic E-state index is 5.79. The van der Waals surface area contributed by atoms with Crippen molar-refractivity contribution in [3.05, 3.63) is 29.6 Å². The molecule has 1 fully saturated rings. The van der Waals surface area contributed by atoms with Crippen LogP contribution in [0.2, 0.25) is 0 Å². The van der Waals surface area contributed by atoms with Crippen LogP contribution < -0.4 is 11.3 Å². The van der Waals surface area contributed by atoms with E-state index >= 15 is 0 Å². The van der Waals surface area contributed by atoms with Gasteiger partial charge in [-0.1, -0.05) is 26.3 Å². The highest BCUT2D eigenvalue weighted by Crippen LogP contribution is 2.39. The summed E-state index contributed by atoms with van der Waals surface area (Å²) in [6, 6.07) is 2.44. The van der Waals surface area contributed by atoms with E-state index in [9.17, 15) is 0 Å². The van der Waals surface area contributed by atoms with Gasteiger partial charge in [0, 0.05) is 12.4 Å². The van der Waals surface area contributed by atoms with Gasteiger partial charge >= 0.3 is 0 Å². The van der Waals surface area contributed by atoms with E-state index in [0.29, 0.717) is 5.92 Å². The van der Waals surface area contributed by atoms with Crippen molar-refractivity contribution in [3.63, 3.8) is 0 Å². The van der Waals surface area contributed by atoms with Gasteiger partial charge in [-0.15, -0.1) is 0 Å². The Balaban J connectivity index is 2.14. The van der Waals surface area contributed by atoms with Crippen LogP contribution in [0.3, 0.4) is 0 Å². The van der Waals surface area contributed by atoms with Crippen molar-refractivity contribution in [3.8, 4) is 0 Å². The molecule has 0 saturated heterocycles. The number of hydrogen-bond acceptors (Lipinski definition) is 3. The molecule has 3 N–H and O–H groups in total. The van der Waals surface area contributed by atoms with Crippen LogP contribution in [0.25, 0.3) is 0 Å². The maximum Gasteiger partial charge on any atom is 0.0503 e. The van der Waals surface area contributed by atoms with Gasteiger partial charge in [0.25, 0.3) is 0 Å². The molecule has 0 bridgehead atoms. The fourth-order valence-corrected chi connectivity index (χ4v) is 3.14. The number of hydrogen-bond donors (Lipinski definition) is 2. The minimum atomic E-state index is 0.243. The summed E-state index contributed by atoms with van der Waals surface area (Å²) in [6.45, 7) is 6.80. The molecule has 0 amide bonds. The molecule has 0 aliphatic heterocycles. The number of aryl methyl sites for hydroxylation is 1. The molecule has 1 aromatic heterocycles. The third-order valence-electron chi connectivity index (χ3n) is 4.54. The van der Waals surface area contributed by atoms with Gasteiger partial charge in [0.05, 0.1) is 6.04 Å². The topological polar surface area (TPSA) is 50.9 Å². The summed E-state index contributed by atoms with van der Waals surface area (Å²) in [6.07, 6.45) is 7.66. The van der Waals surface area contributed by atoms with Gasteiger partial charge in [0.15, 0.2) is 0 Å². The molecule has 1 aliphatic rings. The highest BCUT2D eigenvalue weighted by atomic mass is 15.2. The second kappa shape index (κ2) is 5.81. The number of aromatic nitrogens is 1. The lowest BCUT2D eigenvalue weighted by Gasteiger charge is -2.36. The molecule has 1 saturated carbocycles. The van der Waals surface area contributed by atoms with Crippen molar-refractivity contribution in [2.24, 2.45) is 23.6 Å². The molecule has 3 nitrogen and oxygen atoms in total. The number of nitrogens with one attached hydrogen (secondary N) is 1. The van der Waals surface area contributed by atoms with Crippen LogP contribution in [0.4, 0.5) is 0 Å². The summed E-state index contributed by atoms with van der Waals surface area (Å²) in [7, 11) is 0. The predicted octanol–water partition coefficient (Wildman–Crippen LogP) is 2.97. The lowest BCUT2D eigenvalue weighted by Crippen LogP contribution is -2.37. The summed E-state index contributed by atoms with van der Waals surface area (Å²) in [4.78, 5) is 4.29. The molecule has 100 valence electrons. The molecule has 1 heterocycles. The summed E-state index contributed by atoms with van der Waals surface area (Å²) in [5.74, 6) is 8.05. The molecule has 0 radical (unpaired) electrons. The average Bonchev–Trinajstić information content (AvgIpc) is 2.35. The van der Waals surface area contributed by atoms with Crippen LogP contribution in [-0.4, -0.2) is 4.98 Å². The van der Waals surface area contributed by atoms with Crippen molar-refractivity contribution in [1.82, 2.24) is 10.4 Å². The monoisotopic (exact) mass is 247 g/mol. The van der Waals surface area contributed by atoms with E-state index in [1.165, 1.54) is 30.4 Å². The van der Waals surface area contributed by atoms with Gasteiger partial charge in [0.1, 0.15) is 0 Å². The van der Waals surface area contributed by atoms with Crippen molar-refractivity contribution in [2.45, 2.75) is 46.1 Å². The maximum atomic E-state index is 5.79. The highest BCUT2D eigenvalue weighted by molar-refractivity contribution is 5.21. The van der Waals surface area contributed by atoms with E-state index in [1.807, 2.05) is 12.4 Å². The number of rotatable bonds is 3. The van der Waals surface area contributed by atoms with Crippen LogP contribution in [0.5, 0.6) is 0 Å². The van der Waals surface area contributed by atoms with Crippen LogP contribution in [-0.2, 0) is 0 Å². The molecule has 1 aromatic rings. The second-order valence-electron chi connectivity index (χ2n) is 5.97. The Morgan fingerprint density at radius 1 is 1.28 bits per heavy atom. The van der Waals surface area contributed by atoms with Crippen molar-refractivity contribution in [2.75, 3.05) is 0 Å². The number of pyridine rings is 1. The van der Waals surface area contributed by atoms with E-state index in [2.05, 4.69) is 37.2 Å². The van der Waals surface area contributed by atoms with Crippen LogP contribution in [0.1, 0.15) is 50.3 Å². The van der Waals surface area contributed by atoms with Crippen molar-refractivity contribution in [1.29, 1.82) is 0 Å². The first-order valence-corrected chi connectivity index (χ1v) is 6.99. The van der Waals surface area contributed by atoms with Gasteiger partial charge in [-0.2, -0.15) is 0 Å². The molecular weight excluding hydrogens is 222 g/mol. The molecule has 18 heavy (non-hydrogen) atoms. The highest BCUT2D eigenvalue weighted by Gasteiger charge is 2.30. The predicted molar refractivity (Wildman–Crippen MR) is 74.7 cm³/mol. The molecule has 4 atom stereocenters. The molecule has 1 aliphatic carbocycles. The number of hydrazine groups is 1. The largest absolute Gasteiger partial charge is 0.271 e. The normalized spacial score (nSPS) is 30.1. The van der Waals surface area contributed by atoms with Crippen molar-refractivity contribution >= 4 is 0 Å². The second-order valence-corrected chi connectivity index (χ2v) is 5.97. The molecule has 3 heteroatoms. The SMILES string of the molecule is Cc1cncc(C(NN)C2CCC(C)C(C)C2)c1. The lowest BCUT2D eigenvalue weighted by atomic mass is 9.72. The van der Waals surface area contributed by atoms with E-state index in [-0.39, 0.29) is 6.04 Å². The van der Waals surface area contributed by atoms with Gasteiger partial charge in [-0.3, -0.25) is 16.3 Å². The molecule has 2 rings (SSSR count). The first-order chi connectivity index (χ1) is 8.61. The summed E-state index contributed by atoms with van der Waals surface area (Å²) in [5, 5.41) is 0. The van der Waals surface area contributed by atoms with E-state index in [4.69, 9.17) is 5.84 Å². The average molecular weight is 247 g/mol. The summed E-state index contributed by atoms with van der Waals surface area (Å²) < 4.78 is 0. The zero-order valence-corrected chi connectivity index (χ0v) is 11.7. The van der Waals surface area contributed by atoms with Crippen LogP contribution >= 0.6 is 0 Å². The first-order valence-electron chi connectivity index (χ1n) is 6.99. The van der Waals surface area contributed by atoms with Gasteiger partial charge in [-0.05, 0) is 48.6 Å². The Morgan fingerprint density at radius 2 is 2.06 bits per heavy atom. The number of nitrogens with zero attached hydrogens (tertiary/aromatic N) is 1. The third kappa shape index (κ3) is 2.90. The Bertz CT molecular complexity index is 391. The van der Waals surface area contributed by atoms with Crippen LogP contribution in [0.15, 0.2) is 18.5 Å². The van der Waals surface area contributed by atoms with E-state index < -0.39 is 0 Å². The van der Waals surface area contributed by atoms with Gasteiger partial charge in [0.2, 0.25) is 0 Å². The number of nitrogens with two attached hydrogens (primary N) is 1. The Kier molecular flexibility index (Phi) is 4.36. The Morgan fingerprint density at radius 3 is 2.67 bits per heavy atom. The third-order valence-corrected chi connectivity index (χ3v) is 4.54. The molecule has 0 aromatic carbocycles. The quantitative estimate of drug-likeness (QED) is 0.638. The molecule has 0 spiro atoms. The minimum absolute atomic E-state index is 0.243.